The Labute approximate surface area is 179 Å². The summed E-state index contributed by atoms with van der Waals surface area (Å²) in [6, 6.07) is 20.1. The molecule has 0 saturated heterocycles. The number of amides is 1. The first-order chi connectivity index (χ1) is 15.1. The fourth-order valence-electron chi connectivity index (χ4n) is 2.91. The second-order valence-corrected chi connectivity index (χ2v) is 6.68. The topological polar surface area (TPSA) is 99.5 Å². The summed E-state index contributed by atoms with van der Waals surface area (Å²) in [5.74, 6) is -0.475. The highest BCUT2D eigenvalue weighted by Crippen LogP contribution is 2.08. The van der Waals surface area contributed by atoms with Crippen LogP contribution in [0.2, 0.25) is 0 Å². The molecule has 0 bridgehead atoms. The lowest BCUT2D eigenvalue weighted by molar-refractivity contribution is -0.142. The van der Waals surface area contributed by atoms with Gasteiger partial charge in [-0.1, -0.05) is 48.5 Å². The van der Waals surface area contributed by atoms with Crippen LogP contribution in [-0.4, -0.2) is 41.4 Å². The average Bonchev–Trinajstić information content (AvgIpc) is 2.80. The summed E-state index contributed by atoms with van der Waals surface area (Å²) in [6.45, 7) is 0.375. The molecule has 1 heterocycles. The maximum absolute atomic E-state index is 12.7. The Kier molecular flexibility index (Phi) is 7.53. The molecule has 3 rings (SSSR count). The van der Waals surface area contributed by atoms with Gasteiger partial charge in [-0.15, -0.1) is 0 Å². The molecule has 1 amide bonds. The number of carbonyl (C=O) groups excluding carboxylic acids is 2. The van der Waals surface area contributed by atoms with Crippen molar-refractivity contribution in [1.82, 2.24) is 15.1 Å². The van der Waals surface area contributed by atoms with E-state index in [0.29, 0.717) is 5.75 Å². The number of para-hydroxylation sites is 1. The quantitative estimate of drug-likeness (QED) is 0.529. The zero-order chi connectivity index (χ0) is 22.1. The summed E-state index contributed by atoms with van der Waals surface area (Å²) in [6.07, 6.45) is 0.268. The number of esters is 1. The van der Waals surface area contributed by atoms with Crippen LogP contribution in [0.4, 0.5) is 0 Å². The van der Waals surface area contributed by atoms with Crippen molar-refractivity contribution in [3.63, 3.8) is 0 Å². The molecule has 0 unspecified atom stereocenters. The van der Waals surface area contributed by atoms with E-state index in [1.165, 1.54) is 19.2 Å². The van der Waals surface area contributed by atoms with E-state index in [9.17, 15) is 14.4 Å². The smallest absolute Gasteiger partial charge is 0.328 e. The molecule has 0 saturated carbocycles. The third-order valence-corrected chi connectivity index (χ3v) is 4.49. The molecular formula is C23H23N3O5. The van der Waals surface area contributed by atoms with Crippen LogP contribution in [0.5, 0.6) is 5.75 Å². The summed E-state index contributed by atoms with van der Waals surface area (Å²) >= 11 is 0. The molecule has 31 heavy (non-hydrogen) atoms. The first-order valence-electron chi connectivity index (χ1n) is 9.75. The van der Waals surface area contributed by atoms with Gasteiger partial charge >= 0.3 is 5.97 Å². The fraction of sp³-hybridized carbons (Fsp3) is 0.217. The van der Waals surface area contributed by atoms with Gasteiger partial charge < -0.3 is 14.8 Å². The van der Waals surface area contributed by atoms with Crippen molar-refractivity contribution in [1.29, 1.82) is 0 Å². The second kappa shape index (κ2) is 10.7. The number of hydrogen-bond donors (Lipinski definition) is 1. The van der Waals surface area contributed by atoms with Crippen LogP contribution in [-0.2, 0) is 22.5 Å². The van der Waals surface area contributed by atoms with Gasteiger partial charge in [0.1, 0.15) is 24.1 Å². The van der Waals surface area contributed by atoms with Crippen LogP contribution >= 0.6 is 0 Å². The van der Waals surface area contributed by atoms with Crippen molar-refractivity contribution in [2.45, 2.75) is 19.0 Å². The molecule has 0 fully saturated rings. The highest BCUT2D eigenvalue weighted by molar-refractivity contribution is 5.95. The highest BCUT2D eigenvalue weighted by Gasteiger charge is 2.23. The summed E-state index contributed by atoms with van der Waals surface area (Å²) < 4.78 is 11.5. The van der Waals surface area contributed by atoms with Crippen LogP contribution < -0.4 is 15.6 Å². The molecule has 1 N–H and O–H groups in total. The Bertz CT molecular complexity index is 1070. The minimum atomic E-state index is -0.886. The Hall–Kier alpha value is -3.94. The number of methoxy groups -OCH3 is 1. The SMILES string of the molecule is COC(=O)[C@H](Cc1ccccc1)NC(=O)c1ccc(=O)n(CCOc2ccccc2)n1. The van der Waals surface area contributed by atoms with Crippen molar-refractivity contribution in [2.24, 2.45) is 0 Å². The van der Waals surface area contributed by atoms with Crippen molar-refractivity contribution >= 4 is 11.9 Å². The van der Waals surface area contributed by atoms with E-state index in [-0.39, 0.29) is 30.8 Å². The first kappa shape index (κ1) is 21.8. The van der Waals surface area contributed by atoms with Gasteiger partial charge in [0, 0.05) is 12.5 Å². The first-order valence-corrected chi connectivity index (χ1v) is 9.75. The minimum Gasteiger partial charge on any atom is -0.492 e. The van der Waals surface area contributed by atoms with Crippen LogP contribution in [0.3, 0.4) is 0 Å². The summed E-state index contributed by atoms with van der Waals surface area (Å²) in [5.41, 5.74) is 0.525. The maximum atomic E-state index is 12.7. The van der Waals surface area contributed by atoms with Gasteiger partial charge in [-0.2, -0.15) is 5.10 Å². The Morgan fingerprint density at radius 2 is 1.68 bits per heavy atom. The molecule has 160 valence electrons. The van der Waals surface area contributed by atoms with E-state index in [0.717, 1.165) is 10.2 Å². The highest BCUT2D eigenvalue weighted by atomic mass is 16.5. The van der Waals surface area contributed by atoms with Crippen LogP contribution in [0.15, 0.2) is 77.6 Å². The zero-order valence-corrected chi connectivity index (χ0v) is 17.1. The molecule has 8 heteroatoms. The van der Waals surface area contributed by atoms with Gasteiger partial charge in [0.15, 0.2) is 0 Å². The molecule has 1 atom stereocenters. The molecule has 0 spiro atoms. The molecular weight excluding hydrogens is 398 g/mol. The molecule has 2 aromatic carbocycles. The Balaban J connectivity index is 1.67. The maximum Gasteiger partial charge on any atom is 0.328 e. The molecule has 8 nitrogen and oxygen atoms in total. The lowest BCUT2D eigenvalue weighted by Gasteiger charge is -2.16. The van der Waals surface area contributed by atoms with E-state index in [4.69, 9.17) is 9.47 Å². The van der Waals surface area contributed by atoms with Gasteiger partial charge in [-0.05, 0) is 23.8 Å². The fourth-order valence-corrected chi connectivity index (χ4v) is 2.91. The molecule has 0 aliphatic carbocycles. The number of hydrogen-bond acceptors (Lipinski definition) is 6. The Morgan fingerprint density at radius 3 is 2.35 bits per heavy atom. The van der Waals surface area contributed by atoms with E-state index in [1.54, 1.807) is 12.1 Å². The van der Waals surface area contributed by atoms with E-state index in [1.807, 2.05) is 48.5 Å². The summed E-state index contributed by atoms with van der Waals surface area (Å²) in [5, 5.41) is 6.75. The summed E-state index contributed by atoms with van der Waals surface area (Å²) in [7, 11) is 1.26. The number of carbonyl (C=O) groups is 2. The predicted molar refractivity (Wildman–Crippen MR) is 114 cm³/mol. The lowest BCUT2D eigenvalue weighted by Crippen LogP contribution is -2.43. The third-order valence-electron chi connectivity index (χ3n) is 4.49. The number of aromatic nitrogens is 2. The molecule has 0 radical (unpaired) electrons. The van der Waals surface area contributed by atoms with Crippen molar-refractivity contribution < 1.29 is 19.1 Å². The van der Waals surface area contributed by atoms with Crippen molar-refractivity contribution in [3.8, 4) is 5.75 Å². The number of nitrogens with one attached hydrogen (secondary N) is 1. The molecule has 0 aliphatic heterocycles. The lowest BCUT2D eigenvalue weighted by atomic mass is 10.1. The predicted octanol–water partition coefficient (Wildman–Crippen LogP) is 1.84. The third kappa shape index (κ3) is 6.27. The number of rotatable bonds is 9. The van der Waals surface area contributed by atoms with Crippen LogP contribution in [0.25, 0.3) is 0 Å². The van der Waals surface area contributed by atoms with Gasteiger partial charge in [-0.3, -0.25) is 9.59 Å². The minimum absolute atomic E-state index is 0.0151. The van der Waals surface area contributed by atoms with E-state index >= 15 is 0 Å². The number of benzene rings is 2. The number of nitrogens with zero attached hydrogens (tertiary/aromatic N) is 2. The Morgan fingerprint density at radius 1 is 1.00 bits per heavy atom. The summed E-state index contributed by atoms with van der Waals surface area (Å²) in [4.78, 5) is 36.9. The van der Waals surface area contributed by atoms with Crippen LogP contribution in [0.1, 0.15) is 16.1 Å². The normalized spacial score (nSPS) is 11.4. The monoisotopic (exact) mass is 421 g/mol. The van der Waals surface area contributed by atoms with E-state index in [2.05, 4.69) is 10.4 Å². The largest absolute Gasteiger partial charge is 0.492 e. The second-order valence-electron chi connectivity index (χ2n) is 6.68. The number of ether oxygens (including phenoxy) is 2. The van der Waals surface area contributed by atoms with E-state index < -0.39 is 17.9 Å². The van der Waals surface area contributed by atoms with Crippen molar-refractivity contribution in [3.05, 3.63) is 94.4 Å². The van der Waals surface area contributed by atoms with Gasteiger partial charge in [0.2, 0.25) is 0 Å². The van der Waals surface area contributed by atoms with Gasteiger partial charge in [0.25, 0.3) is 11.5 Å². The van der Waals surface area contributed by atoms with Gasteiger partial charge in [-0.25, -0.2) is 9.48 Å². The average molecular weight is 421 g/mol. The standard InChI is InChI=1S/C23H23N3O5/c1-30-23(29)20(16-17-8-4-2-5-9-17)24-22(28)19-12-13-21(27)26(25-19)14-15-31-18-10-6-3-7-11-18/h2-13,20H,14-16H2,1H3,(H,24,28)/t20-/m0/s1. The molecule has 3 aromatic rings. The molecule has 0 aliphatic rings. The van der Waals surface area contributed by atoms with Crippen LogP contribution in [0, 0.1) is 0 Å². The molecule has 1 aromatic heterocycles. The van der Waals surface area contributed by atoms with Gasteiger partial charge in [0.05, 0.1) is 13.7 Å². The van der Waals surface area contributed by atoms with Crippen molar-refractivity contribution in [2.75, 3.05) is 13.7 Å². The zero-order valence-electron chi connectivity index (χ0n) is 17.1.